The van der Waals surface area contributed by atoms with Gasteiger partial charge in [-0.15, -0.1) is 0 Å². The van der Waals surface area contributed by atoms with Crippen molar-refractivity contribution in [1.82, 2.24) is 0 Å². The van der Waals surface area contributed by atoms with E-state index >= 15 is 0 Å². The normalized spacial score (nSPS) is 16.8. The van der Waals surface area contributed by atoms with Crippen molar-refractivity contribution in [3.05, 3.63) is 11.6 Å². The lowest BCUT2D eigenvalue weighted by Crippen LogP contribution is -2.18. The minimum absolute atomic E-state index is 0.0942. The number of unbranched alkanes of at least 4 members (excludes halogenated alkanes) is 1. The lowest BCUT2D eigenvalue weighted by molar-refractivity contribution is -0.104. The Bertz CT molecular complexity index is 173. The van der Waals surface area contributed by atoms with Crippen molar-refractivity contribution in [3.63, 3.8) is 0 Å². The first-order valence-electron chi connectivity index (χ1n) is 4.93. The predicted molar refractivity (Wildman–Crippen MR) is 54.5 cm³/mol. The summed E-state index contributed by atoms with van der Waals surface area (Å²) in [6.07, 6.45) is 4.95. The molecular weight excluding hydrogens is 164 g/mol. The molecular formula is C11H20O2. The van der Waals surface area contributed by atoms with Crippen LogP contribution in [0.3, 0.4) is 0 Å². The Balaban J connectivity index is 4.00. The second-order valence-corrected chi connectivity index (χ2v) is 3.55. The summed E-state index contributed by atoms with van der Waals surface area (Å²) in [6.45, 7) is 5.94. The second kappa shape index (κ2) is 6.84. The highest BCUT2D eigenvalue weighted by molar-refractivity contribution is 5.66. The largest absolute Gasteiger partial charge is 0.393 e. The number of hydrogen-bond acceptors (Lipinski definition) is 2. The Morgan fingerprint density at radius 2 is 2.15 bits per heavy atom. The van der Waals surface area contributed by atoms with Crippen molar-refractivity contribution in [1.29, 1.82) is 0 Å². The predicted octanol–water partition coefficient (Wildman–Crippen LogP) is 2.32. The molecule has 0 saturated carbocycles. The molecule has 0 rings (SSSR count). The fourth-order valence-electron chi connectivity index (χ4n) is 1.23. The summed E-state index contributed by atoms with van der Waals surface area (Å²) in [5.41, 5.74) is 0.957. The summed E-state index contributed by atoms with van der Waals surface area (Å²) in [6, 6.07) is 0. The molecule has 0 aliphatic heterocycles. The van der Waals surface area contributed by atoms with Crippen molar-refractivity contribution in [2.75, 3.05) is 0 Å². The molecule has 0 saturated heterocycles. The molecule has 0 aromatic rings. The Hall–Kier alpha value is -0.630. The summed E-state index contributed by atoms with van der Waals surface area (Å²) >= 11 is 0. The highest BCUT2D eigenvalue weighted by Crippen LogP contribution is 2.17. The van der Waals surface area contributed by atoms with Crippen LogP contribution < -0.4 is 0 Å². The zero-order valence-corrected chi connectivity index (χ0v) is 8.79. The van der Waals surface area contributed by atoms with E-state index < -0.39 is 0 Å². The van der Waals surface area contributed by atoms with Gasteiger partial charge in [0.05, 0.1) is 6.10 Å². The number of aliphatic hydroxyl groups excluding tert-OH is 1. The third kappa shape index (κ3) is 4.83. The number of aliphatic hydroxyl groups is 1. The van der Waals surface area contributed by atoms with Gasteiger partial charge in [0, 0.05) is 5.92 Å². The number of rotatable bonds is 6. The fourth-order valence-corrected chi connectivity index (χ4v) is 1.23. The quantitative estimate of drug-likeness (QED) is 0.508. The fraction of sp³-hybridized carbons (Fsp3) is 0.727. The Kier molecular flexibility index (Phi) is 6.51. The minimum atomic E-state index is -0.309. The smallest absolute Gasteiger partial charge is 0.142 e. The van der Waals surface area contributed by atoms with E-state index in [0.29, 0.717) is 0 Å². The summed E-state index contributed by atoms with van der Waals surface area (Å²) in [4.78, 5) is 10.2. The molecule has 0 spiro atoms. The van der Waals surface area contributed by atoms with Crippen LogP contribution >= 0.6 is 0 Å². The molecule has 0 aromatic heterocycles. The van der Waals surface area contributed by atoms with Gasteiger partial charge >= 0.3 is 0 Å². The van der Waals surface area contributed by atoms with Crippen LogP contribution in [0.5, 0.6) is 0 Å². The van der Waals surface area contributed by atoms with Gasteiger partial charge in [-0.3, -0.25) is 4.79 Å². The number of carbonyl (C=O) groups excluding carboxylic acids is 1. The Labute approximate surface area is 80.7 Å². The topological polar surface area (TPSA) is 37.3 Å². The second-order valence-electron chi connectivity index (χ2n) is 3.55. The van der Waals surface area contributed by atoms with Gasteiger partial charge in [-0.2, -0.15) is 0 Å². The molecule has 0 amide bonds. The zero-order valence-electron chi connectivity index (χ0n) is 8.79. The van der Waals surface area contributed by atoms with E-state index in [1.165, 1.54) is 6.08 Å². The molecule has 2 nitrogen and oxygen atoms in total. The van der Waals surface area contributed by atoms with Crippen LogP contribution in [-0.2, 0) is 4.79 Å². The van der Waals surface area contributed by atoms with Gasteiger partial charge in [-0.1, -0.05) is 32.3 Å². The van der Waals surface area contributed by atoms with Crippen LogP contribution in [0.1, 0.15) is 40.0 Å². The van der Waals surface area contributed by atoms with E-state index in [1.807, 2.05) is 13.8 Å². The summed E-state index contributed by atoms with van der Waals surface area (Å²) < 4.78 is 0. The SMILES string of the molecule is CCCCC(O)C(C)/C(C)=C/C=O. The van der Waals surface area contributed by atoms with Crippen molar-refractivity contribution < 1.29 is 9.90 Å². The molecule has 13 heavy (non-hydrogen) atoms. The third-order valence-electron chi connectivity index (χ3n) is 2.48. The number of hydrogen-bond donors (Lipinski definition) is 1. The summed E-state index contributed by atoms with van der Waals surface area (Å²) in [5, 5.41) is 9.69. The molecule has 0 heterocycles. The molecule has 76 valence electrons. The van der Waals surface area contributed by atoms with E-state index in [-0.39, 0.29) is 12.0 Å². The average Bonchev–Trinajstić information content (AvgIpc) is 2.13. The minimum Gasteiger partial charge on any atom is -0.393 e. The van der Waals surface area contributed by atoms with Crippen molar-refractivity contribution in [2.24, 2.45) is 5.92 Å². The van der Waals surface area contributed by atoms with Crippen LogP contribution in [0.2, 0.25) is 0 Å². The maximum Gasteiger partial charge on any atom is 0.142 e. The van der Waals surface area contributed by atoms with Crippen molar-refractivity contribution in [3.8, 4) is 0 Å². The lowest BCUT2D eigenvalue weighted by atomic mass is 9.93. The Morgan fingerprint density at radius 3 is 2.62 bits per heavy atom. The van der Waals surface area contributed by atoms with Crippen LogP contribution in [-0.4, -0.2) is 17.5 Å². The molecule has 2 atom stereocenters. The van der Waals surface area contributed by atoms with Gasteiger partial charge in [-0.05, 0) is 19.4 Å². The molecule has 1 N–H and O–H groups in total. The molecule has 0 aliphatic carbocycles. The lowest BCUT2D eigenvalue weighted by Gasteiger charge is -2.18. The van der Waals surface area contributed by atoms with Gasteiger partial charge in [-0.25, -0.2) is 0 Å². The third-order valence-corrected chi connectivity index (χ3v) is 2.48. The maximum absolute atomic E-state index is 10.2. The van der Waals surface area contributed by atoms with E-state index in [4.69, 9.17) is 0 Å². The van der Waals surface area contributed by atoms with Gasteiger partial charge in [0.15, 0.2) is 0 Å². The van der Waals surface area contributed by atoms with Crippen LogP contribution in [0, 0.1) is 5.92 Å². The van der Waals surface area contributed by atoms with Crippen LogP contribution in [0.25, 0.3) is 0 Å². The Morgan fingerprint density at radius 1 is 1.54 bits per heavy atom. The summed E-state index contributed by atoms with van der Waals surface area (Å²) in [5.74, 6) is 0.0942. The van der Waals surface area contributed by atoms with Crippen molar-refractivity contribution >= 4 is 6.29 Å². The van der Waals surface area contributed by atoms with E-state index in [0.717, 1.165) is 31.1 Å². The summed E-state index contributed by atoms with van der Waals surface area (Å²) in [7, 11) is 0. The monoisotopic (exact) mass is 184 g/mol. The van der Waals surface area contributed by atoms with E-state index in [2.05, 4.69) is 6.92 Å². The zero-order chi connectivity index (χ0) is 10.3. The number of carbonyl (C=O) groups is 1. The number of allylic oxidation sites excluding steroid dienone is 1. The standard InChI is InChI=1S/C11H20O2/c1-4-5-6-11(13)10(3)9(2)7-8-12/h7-8,10-11,13H,4-6H2,1-3H3/b9-7+. The highest BCUT2D eigenvalue weighted by atomic mass is 16.3. The highest BCUT2D eigenvalue weighted by Gasteiger charge is 2.14. The van der Waals surface area contributed by atoms with Crippen molar-refractivity contribution in [2.45, 2.75) is 46.1 Å². The molecule has 0 radical (unpaired) electrons. The van der Waals surface area contributed by atoms with Crippen LogP contribution in [0.4, 0.5) is 0 Å². The van der Waals surface area contributed by atoms with Gasteiger partial charge < -0.3 is 5.11 Å². The first kappa shape index (κ1) is 12.4. The van der Waals surface area contributed by atoms with Gasteiger partial charge in [0.1, 0.15) is 6.29 Å². The first-order chi connectivity index (χ1) is 6.13. The van der Waals surface area contributed by atoms with Gasteiger partial charge in [0.25, 0.3) is 0 Å². The first-order valence-corrected chi connectivity index (χ1v) is 4.93. The van der Waals surface area contributed by atoms with E-state index in [1.54, 1.807) is 0 Å². The number of aldehydes is 1. The van der Waals surface area contributed by atoms with Gasteiger partial charge in [0.2, 0.25) is 0 Å². The molecule has 0 aliphatic rings. The molecule has 2 heteroatoms. The molecule has 0 bridgehead atoms. The van der Waals surface area contributed by atoms with E-state index in [9.17, 15) is 9.90 Å². The maximum atomic E-state index is 10.2. The molecule has 2 unspecified atom stereocenters. The van der Waals surface area contributed by atoms with Crippen LogP contribution in [0.15, 0.2) is 11.6 Å². The molecule has 0 fully saturated rings. The average molecular weight is 184 g/mol. The molecule has 0 aromatic carbocycles.